The van der Waals surface area contributed by atoms with Crippen molar-refractivity contribution in [1.29, 1.82) is 0 Å². The van der Waals surface area contributed by atoms with Gasteiger partial charge in [-0.3, -0.25) is 4.79 Å². The van der Waals surface area contributed by atoms with Crippen molar-refractivity contribution >= 4 is 11.6 Å². The van der Waals surface area contributed by atoms with Crippen LogP contribution in [-0.2, 0) is 4.79 Å². The highest BCUT2D eigenvalue weighted by Gasteiger charge is 2.04. The Balaban J connectivity index is 1.81. The fraction of sp³-hybridized carbons (Fsp3) is 0.316. The van der Waals surface area contributed by atoms with Crippen molar-refractivity contribution in [1.82, 2.24) is 0 Å². The molecule has 0 radical (unpaired) electrons. The van der Waals surface area contributed by atoms with Crippen LogP contribution in [-0.4, -0.2) is 19.1 Å². The fourth-order valence-corrected chi connectivity index (χ4v) is 1.97. The van der Waals surface area contributed by atoms with E-state index < -0.39 is 0 Å². The van der Waals surface area contributed by atoms with Crippen molar-refractivity contribution in [3.8, 4) is 11.5 Å². The Morgan fingerprint density at radius 3 is 2.43 bits per heavy atom. The molecule has 4 heteroatoms. The maximum absolute atomic E-state index is 11.9. The standard InChI is InChI=1S/C19H23NO3/c1-3-4-12-22-17-6-5-7-18(13-17)23-14-19(21)20-16-10-8-15(2)9-11-16/h5-11,13H,3-4,12,14H2,1-2H3,(H,20,21). The monoisotopic (exact) mass is 313 g/mol. The van der Waals surface area contributed by atoms with Crippen molar-refractivity contribution in [2.75, 3.05) is 18.5 Å². The summed E-state index contributed by atoms with van der Waals surface area (Å²) < 4.78 is 11.1. The Kier molecular flexibility index (Phi) is 6.48. The minimum absolute atomic E-state index is 0.0354. The first-order valence-corrected chi connectivity index (χ1v) is 7.89. The zero-order valence-electron chi connectivity index (χ0n) is 13.7. The van der Waals surface area contributed by atoms with Gasteiger partial charge in [-0.2, -0.15) is 0 Å². The second-order valence-electron chi connectivity index (χ2n) is 5.38. The van der Waals surface area contributed by atoms with E-state index in [1.165, 1.54) is 0 Å². The van der Waals surface area contributed by atoms with Crippen molar-refractivity contribution in [2.45, 2.75) is 26.7 Å². The molecule has 0 aliphatic heterocycles. The van der Waals surface area contributed by atoms with Gasteiger partial charge in [-0.05, 0) is 37.6 Å². The quantitative estimate of drug-likeness (QED) is 0.743. The van der Waals surface area contributed by atoms with Crippen molar-refractivity contribution in [3.05, 3.63) is 54.1 Å². The van der Waals surface area contributed by atoms with Crippen LogP contribution in [0.5, 0.6) is 11.5 Å². The molecular weight excluding hydrogens is 290 g/mol. The van der Waals surface area contributed by atoms with E-state index >= 15 is 0 Å². The first kappa shape index (κ1) is 16.9. The smallest absolute Gasteiger partial charge is 0.262 e. The van der Waals surface area contributed by atoms with Gasteiger partial charge in [0.05, 0.1) is 6.61 Å². The highest BCUT2D eigenvalue weighted by Crippen LogP contribution is 2.19. The Morgan fingerprint density at radius 1 is 1.04 bits per heavy atom. The van der Waals surface area contributed by atoms with Gasteiger partial charge in [0.2, 0.25) is 0 Å². The fourth-order valence-electron chi connectivity index (χ4n) is 1.97. The molecule has 2 aromatic carbocycles. The van der Waals surface area contributed by atoms with E-state index in [4.69, 9.17) is 9.47 Å². The van der Waals surface area contributed by atoms with Gasteiger partial charge in [0, 0.05) is 11.8 Å². The predicted molar refractivity (Wildman–Crippen MR) is 92.1 cm³/mol. The lowest BCUT2D eigenvalue weighted by Crippen LogP contribution is -2.20. The summed E-state index contributed by atoms with van der Waals surface area (Å²) in [7, 11) is 0. The molecule has 0 unspecified atom stereocenters. The summed E-state index contributed by atoms with van der Waals surface area (Å²) in [5.41, 5.74) is 1.92. The molecular formula is C19H23NO3. The minimum Gasteiger partial charge on any atom is -0.493 e. The van der Waals surface area contributed by atoms with Gasteiger partial charge in [0.25, 0.3) is 5.91 Å². The summed E-state index contributed by atoms with van der Waals surface area (Å²) in [4.78, 5) is 11.9. The molecule has 0 aliphatic rings. The molecule has 0 spiro atoms. The van der Waals surface area contributed by atoms with Crippen molar-refractivity contribution in [2.24, 2.45) is 0 Å². The number of hydrogen-bond acceptors (Lipinski definition) is 3. The Labute approximate surface area is 137 Å². The summed E-state index contributed by atoms with van der Waals surface area (Å²) in [6.45, 7) is 4.78. The Bertz CT molecular complexity index is 623. The number of aryl methyl sites for hydroxylation is 1. The van der Waals surface area contributed by atoms with Crippen LogP contribution in [0.4, 0.5) is 5.69 Å². The molecule has 0 atom stereocenters. The van der Waals surface area contributed by atoms with Crippen LogP contribution in [0.3, 0.4) is 0 Å². The summed E-state index contributed by atoms with van der Waals surface area (Å²) in [6.07, 6.45) is 2.11. The SMILES string of the molecule is CCCCOc1cccc(OCC(=O)Nc2ccc(C)cc2)c1. The second kappa shape index (κ2) is 8.83. The Morgan fingerprint density at radius 2 is 1.74 bits per heavy atom. The number of unbranched alkanes of at least 4 members (excludes halogenated alkanes) is 1. The average Bonchev–Trinajstić information content (AvgIpc) is 2.56. The van der Waals surface area contributed by atoms with E-state index in [0.717, 1.165) is 29.8 Å². The third kappa shape index (κ3) is 6.02. The van der Waals surface area contributed by atoms with E-state index in [1.54, 1.807) is 6.07 Å². The molecule has 0 aliphatic carbocycles. The number of benzene rings is 2. The number of rotatable bonds is 8. The summed E-state index contributed by atoms with van der Waals surface area (Å²) >= 11 is 0. The van der Waals surface area contributed by atoms with Gasteiger partial charge < -0.3 is 14.8 Å². The molecule has 4 nitrogen and oxygen atoms in total. The van der Waals surface area contributed by atoms with Crippen LogP contribution in [0.1, 0.15) is 25.3 Å². The minimum atomic E-state index is -0.189. The van der Waals surface area contributed by atoms with Crippen LogP contribution in [0.15, 0.2) is 48.5 Å². The van der Waals surface area contributed by atoms with Gasteiger partial charge in [-0.1, -0.05) is 37.1 Å². The lowest BCUT2D eigenvalue weighted by Gasteiger charge is -2.10. The van der Waals surface area contributed by atoms with Gasteiger partial charge >= 0.3 is 0 Å². The largest absolute Gasteiger partial charge is 0.493 e. The van der Waals surface area contributed by atoms with E-state index in [1.807, 2.05) is 49.4 Å². The lowest BCUT2D eigenvalue weighted by molar-refractivity contribution is -0.118. The summed E-state index contributed by atoms with van der Waals surface area (Å²) in [5.74, 6) is 1.19. The highest BCUT2D eigenvalue weighted by molar-refractivity contribution is 5.91. The molecule has 0 heterocycles. The molecule has 23 heavy (non-hydrogen) atoms. The van der Waals surface area contributed by atoms with Gasteiger partial charge in [-0.15, -0.1) is 0 Å². The maximum atomic E-state index is 11.9. The van der Waals surface area contributed by atoms with Crippen LogP contribution < -0.4 is 14.8 Å². The Hall–Kier alpha value is -2.49. The predicted octanol–water partition coefficient (Wildman–Crippen LogP) is 4.19. The third-order valence-electron chi connectivity index (χ3n) is 3.28. The molecule has 1 amide bonds. The topological polar surface area (TPSA) is 47.6 Å². The number of ether oxygens (including phenoxy) is 2. The zero-order chi connectivity index (χ0) is 16.5. The van der Waals surface area contributed by atoms with E-state index in [9.17, 15) is 4.79 Å². The second-order valence-corrected chi connectivity index (χ2v) is 5.38. The molecule has 0 saturated heterocycles. The number of nitrogens with one attached hydrogen (secondary N) is 1. The number of carbonyl (C=O) groups is 1. The molecule has 0 saturated carbocycles. The van der Waals surface area contributed by atoms with Crippen molar-refractivity contribution in [3.63, 3.8) is 0 Å². The average molecular weight is 313 g/mol. The number of carbonyl (C=O) groups excluding carboxylic acids is 1. The van der Waals surface area contributed by atoms with Crippen LogP contribution in [0.2, 0.25) is 0 Å². The molecule has 0 fully saturated rings. The molecule has 122 valence electrons. The van der Waals surface area contributed by atoms with E-state index in [-0.39, 0.29) is 12.5 Å². The summed E-state index contributed by atoms with van der Waals surface area (Å²) in [6, 6.07) is 15.0. The van der Waals surface area contributed by atoms with Crippen LogP contribution in [0, 0.1) is 6.92 Å². The maximum Gasteiger partial charge on any atom is 0.262 e. The third-order valence-corrected chi connectivity index (χ3v) is 3.28. The highest BCUT2D eigenvalue weighted by atomic mass is 16.5. The number of hydrogen-bond donors (Lipinski definition) is 1. The molecule has 0 bridgehead atoms. The zero-order valence-corrected chi connectivity index (χ0v) is 13.7. The van der Waals surface area contributed by atoms with Gasteiger partial charge in [-0.25, -0.2) is 0 Å². The first-order chi connectivity index (χ1) is 11.2. The van der Waals surface area contributed by atoms with E-state index in [0.29, 0.717) is 12.4 Å². The van der Waals surface area contributed by atoms with Crippen molar-refractivity contribution < 1.29 is 14.3 Å². The lowest BCUT2D eigenvalue weighted by atomic mass is 10.2. The van der Waals surface area contributed by atoms with Crippen LogP contribution in [0.25, 0.3) is 0 Å². The molecule has 2 aromatic rings. The number of anilines is 1. The molecule has 0 aromatic heterocycles. The normalized spacial score (nSPS) is 10.2. The van der Waals surface area contributed by atoms with Gasteiger partial charge in [0.15, 0.2) is 6.61 Å². The number of amides is 1. The van der Waals surface area contributed by atoms with Gasteiger partial charge in [0.1, 0.15) is 11.5 Å². The molecule has 1 N–H and O–H groups in total. The summed E-state index contributed by atoms with van der Waals surface area (Å²) in [5, 5.41) is 2.80. The van der Waals surface area contributed by atoms with Crippen LogP contribution >= 0.6 is 0 Å². The van der Waals surface area contributed by atoms with E-state index in [2.05, 4.69) is 12.2 Å². The first-order valence-electron chi connectivity index (χ1n) is 7.89. The molecule has 2 rings (SSSR count).